The Morgan fingerprint density at radius 2 is 2.12 bits per heavy atom. The largest absolute Gasteiger partial charge is 0.392 e. The maximum atomic E-state index is 9.81. The standard InChI is InChI=1S/C12H18BrNOS/c1-9(2)7-16-8-12(15)5-11-4-3-10(13)6-14-11/h3-4,6,9,12,15H,5,7-8H2,1-2H3. The predicted octanol–water partition coefficient (Wildman–Crippen LogP) is 3.14. The predicted molar refractivity (Wildman–Crippen MR) is 73.8 cm³/mol. The molecule has 1 rings (SSSR count). The molecule has 0 fully saturated rings. The van der Waals surface area contributed by atoms with Crippen molar-refractivity contribution < 1.29 is 5.11 Å². The molecule has 4 heteroatoms. The van der Waals surface area contributed by atoms with Crippen molar-refractivity contribution in [1.29, 1.82) is 0 Å². The lowest BCUT2D eigenvalue weighted by atomic mass is 10.2. The Morgan fingerprint density at radius 1 is 1.38 bits per heavy atom. The van der Waals surface area contributed by atoms with Gasteiger partial charge in [0.15, 0.2) is 0 Å². The van der Waals surface area contributed by atoms with Crippen LogP contribution >= 0.6 is 27.7 Å². The first-order chi connectivity index (χ1) is 7.58. The third-order valence-electron chi connectivity index (χ3n) is 1.99. The van der Waals surface area contributed by atoms with Crippen LogP contribution in [0.3, 0.4) is 0 Å². The monoisotopic (exact) mass is 303 g/mol. The minimum absolute atomic E-state index is 0.294. The van der Waals surface area contributed by atoms with Crippen LogP contribution in [0.2, 0.25) is 0 Å². The number of pyridine rings is 1. The first-order valence-electron chi connectivity index (χ1n) is 5.44. The van der Waals surface area contributed by atoms with Gasteiger partial charge in [-0.25, -0.2) is 0 Å². The Hall–Kier alpha value is -0.0600. The van der Waals surface area contributed by atoms with E-state index in [9.17, 15) is 5.11 Å². The molecule has 90 valence electrons. The number of hydrogen-bond donors (Lipinski definition) is 1. The van der Waals surface area contributed by atoms with Crippen LogP contribution in [-0.4, -0.2) is 27.7 Å². The van der Waals surface area contributed by atoms with Gasteiger partial charge in [-0.15, -0.1) is 0 Å². The third-order valence-corrected chi connectivity index (χ3v) is 3.99. The molecule has 1 aromatic rings. The van der Waals surface area contributed by atoms with Gasteiger partial charge in [0.05, 0.1) is 6.10 Å². The smallest absolute Gasteiger partial charge is 0.0685 e. The van der Waals surface area contributed by atoms with Gasteiger partial charge >= 0.3 is 0 Å². The second-order valence-electron chi connectivity index (χ2n) is 4.26. The van der Waals surface area contributed by atoms with Gasteiger partial charge in [0.25, 0.3) is 0 Å². The minimum atomic E-state index is -0.294. The molecule has 0 saturated carbocycles. The Labute approximate surface area is 110 Å². The third kappa shape index (κ3) is 5.87. The molecule has 1 N–H and O–H groups in total. The van der Waals surface area contributed by atoms with E-state index in [4.69, 9.17) is 0 Å². The maximum absolute atomic E-state index is 9.81. The molecule has 1 aromatic heterocycles. The van der Waals surface area contributed by atoms with Crippen molar-refractivity contribution >= 4 is 27.7 Å². The molecular weight excluding hydrogens is 286 g/mol. The highest BCUT2D eigenvalue weighted by molar-refractivity contribution is 9.10. The fourth-order valence-electron chi connectivity index (χ4n) is 1.27. The quantitative estimate of drug-likeness (QED) is 0.876. The molecule has 0 bridgehead atoms. The summed E-state index contributed by atoms with van der Waals surface area (Å²) < 4.78 is 0.972. The summed E-state index contributed by atoms with van der Waals surface area (Å²) in [5, 5.41) is 9.81. The number of thioether (sulfide) groups is 1. The average molecular weight is 304 g/mol. The van der Waals surface area contributed by atoms with Crippen molar-refractivity contribution in [1.82, 2.24) is 4.98 Å². The van der Waals surface area contributed by atoms with E-state index in [2.05, 4.69) is 34.8 Å². The average Bonchev–Trinajstić information content (AvgIpc) is 2.21. The van der Waals surface area contributed by atoms with Gasteiger partial charge < -0.3 is 5.11 Å². The van der Waals surface area contributed by atoms with Gasteiger partial charge in [-0.2, -0.15) is 11.8 Å². The highest BCUT2D eigenvalue weighted by atomic mass is 79.9. The summed E-state index contributed by atoms with van der Waals surface area (Å²) >= 11 is 5.15. The maximum Gasteiger partial charge on any atom is 0.0685 e. The summed E-state index contributed by atoms with van der Waals surface area (Å²) in [6, 6.07) is 3.90. The summed E-state index contributed by atoms with van der Waals surface area (Å²) in [6.45, 7) is 4.38. The fraction of sp³-hybridized carbons (Fsp3) is 0.583. The number of aliphatic hydroxyl groups is 1. The van der Waals surface area contributed by atoms with E-state index in [0.29, 0.717) is 12.3 Å². The van der Waals surface area contributed by atoms with Crippen LogP contribution in [0.4, 0.5) is 0 Å². The topological polar surface area (TPSA) is 33.1 Å². The first kappa shape index (κ1) is 14.0. The zero-order valence-corrected chi connectivity index (χ0v) is 12.1. The van der Waals surface area contributed by atoms with Gasteiger partial charge in [-0.05, 0) is 39.7 Å². The van der Waals surface area contributed by atoms with Crippen molar-refractivity contribution in [3.63, 3.8) is 0 Å². The molecule has 0 amide bonds. The summed E-state index contributed by atoms with van der Waals surface area (Å²) in [6.07, 6.45) is 2.11. The lowest BCUT2D eigenvalue weighted by molar-refractivity contribution is 0.199. The van der Waals surface area contributed by atoms with E-state index in [1.807, 2.05) is 12.1 Å². The fourth-order valence-corrected chi connectivity index (χ4v) is 2.50. The first-order valence-corrected chi connectivity index (χ1v) is 7.39. The molecule has 1 heterocycles. The van der Waals surface area contributed by atoms with Crippen molar-refractivity contribution in [2.75, 3.05) is 11.5 Å². The van der Waals surface area contributed by atoms with Gasteiger partial charge in [0.2, 0.25) is 0 Å². The van der Waals surface area contributed by atoms with Gasteiger partial charge in [-0.1, -0.05) is 13.8 Å². The molecule has 0 spiro atoms. The summed E-state index contributed by atoms with van der Waals surface area (Å²) in [4.78, 5) is 4.25. The van der Waals surface area contributed by atoms with Crippen LogP contribution in [-0.2, 0) is 6.42 Å². The molecule has 1 atom stereocenters. The van der Waals surface area contributed by atoms with Gasteiger partial charge in [-0.3, -0.25) is 4.98 Å². The van der Waals surface area contributed by atoms with Crippen LogP contribution < -0.4 is 0 Å². The zero-order chi connectivity index (χ0) is 12.0. The molecule has 0 aliphatic heterocycles. The molecule has 2 nitrogen and oxygen atoms in total. The van der Waals surface area contributed by atoms with E-state index in [1.54, 1.807) is 18.0 Å². The van der Waals surface area contributed by atoms with Crippen LogP contribution in [0.25, 0.3) is 0 Å². The molecular formula is C12H18BrNOS. The van der Waals surface area contributed by atoms with E-state index in [-0.39, 0.29) is 6.10 Å². The number of rotatable bonds is 6. The van der Waals surface area contributed by atoms with Crippen LogP contribution in [0.5, 0.6) is 0 Å². The van der Waals surface area contributed by atoms with E-state index in [0.717, 1.165) is 21.7 Å². The van der Waals surface area contributed by atoms with E-state index >= 15 is 0 Å². The van der Waals surface area contributed by atoms with Crippen molar-refractivity contribution in [2.45, 2.75) is 26.4 Å². The lowest BCUT2D eigenvalue weighted by Crippen LogP contribution is -2.15. The molecule has 0 aromatic carbocycles. The Balaban J connectivity index is 2.28. The second-order valence-corrected chi connectivity index (χ2v) is 6.25. The molecule has 0 aliphatic carbocycles. The number of aliphatic hydroxyl groups excluding tert-OH is 1. The zero-order valence-electron chi connectivity index (χ0n) is 9.69. The Bertz CT molecular complexity index is 302. The van der Waals surface area contributed by atoms with E-state index in [1.165, 1.54) is 0 Å². The number of halogens is 1. The highest BCUT2D eigenvalue weighted by Gasteiger charge is 2.07. The Morgan fingerprint density at radius 3 is 2.69 bits per heavy atom. The molecule has 0 aliphatic rings. The minimum Gasteiger partial charge on any atom is -0.392 e. The van der Waals surface area contributed by atoms with Crippen molar-refractivity contribution in [3.05, 3.63) is 28.5 Å². The van der Waals surface area contributed by atoms with Crippen LogP contribution in [0.15, 0.2) is 22.8 Å². The van der Waals surface area contributed by atoms with Crippen molar-refractivity contribution in [3.8, 4) is 0 Å². The summed E-state index contributed by atoms with van der Waals surface area (Å²) in [7, 11) is 0. The highest BCUT2D eigenvalue weighted by Crippen LogP contribution is 2.13. The van der Waals surface area contributed by atoms with Crippen LogP contribution in [0, 0.1) is 5.92 Å². The van der Waals surface area contributed by atoms with Gasteiger partial charge in [0.1, 0.15) is 0 Å². The summed E-state index contributed by atoms with van der Waals surface area (Å²) in [5.41, 5.74) is 0.945. The molecule has 16 heavy (non-hydrogen) atoms. The number of aromatic nitrogens is 1. The lowest BCUT2D eigenvalue weighted by Gasteiger charge is -2.10. The normalized spacial score (nSPS) is 13.1. The van der Waals surface area contributed by atoms with Crippen LogP contribution in [0.1, 0.15) is 19.5 Å². The van der Waals surface area contributed by atoms with Crippen molar-refractivity contribution in [2.24, 2.45) is 5.92 Å². The number of nitrogens with zero attached hydrogens (tertiary/aromatic N) is 1. The second kappa shape index (κ2) is 7.30. The molecule has 0 radical (unpaired) electrons. The SMILES string of the molecule is CC(C)CSCC(O)Cc1ccc(Br)cn1. The number of hydrogen-bond acceptors (Lipinski definition) is 3. The molecule has 0 saturated heterocycles. The summed E-state index contributed by atoms with van der Waals surface area (Å²) in [5.74, 6) is 2.57. The van der Waals surface area contributed by atoms with E-state index < -0.39 is 0 Å². The Kier molecular flexibility index (Phi) is 6.39. The van der Waals surface area contributed by atoms with Gasteiger partial charge in [0, 0.05) is 28.5 Å². The molecule has 1 unspecified atom stereocenters.